The summed E-state index contributed by atoms with van der Waals surface area (Å²) in [6.07, 6.45) is 5.53. The van der Waals surface area contributed by atoms with Gasteiger partial charge in [-0.2, -0.15) is 0 Å². The highest BCUT2D eigenvalue weighted by molar-refractivity contribution is 5.11. The molecule has 1 nitrogen and oxygen atoms in total. The summed E-state index contributed by atoms with van der Waals surface area (Å²) in [7, 11) is 0. The van der Waals surface area contributed by atoms with Crippen molar-refractivity contribution in [2.45, 2.75) is 47.0 Å². The van der Waals surface area contributed by atoms with Crippen LogP contribution in [0.5, 0.6) is 0 Å². The minimum absolute atomic E-state index is 1.02. The molecule has 0 saturated carbocycles. The molecule has 1 aromatic rings. The molecule has 0 bridgehead atoms. The van der Waals surface area contributed by atoms with Crippen molar-refractivity contribution in [3.63, 3.8) is 0 Å². The van der Waals surface area contributed by atoms with Gasteiger partial charge in [0.05, 0.1) is 6.26 Å². The SMILES string of the molecule is CC.CCCCc1coc(C)c1. The summed E-state index contributed by atoms with van der Waals surface area (Å²) < 4.78 is 5.16. The van der Waals surface area contributed by atoms with Crippen LogP contribution in [-0.4, -0.2) is 0 Å². The smallest absolute Gasteiger partial charge is 0.100 e. The number of furan rings is 1. The molecule has 1 heteroatoms. The Kier molecular flexibility index (Phi) is 6.54. The summed E-state index contributed by atoms with van der Waals surface area (Å²) in [5, 5.41) is 0. The van der Waals surface area contributed by atoms with E-state index in [-0.39, 0.29) is 0 Å². The highest BCUT2D eigenvalue weighted by atomic mass is 16.3. The van der Waals surface area contributed by atoms with Gasteiger partial charge in [-0.25, -0.2) is 0 Å². The predicted octanol–water partition coefficient (Wildman–Crippen LogP) is 3.96. The second kappa shape index (κ2) is 6.96. The Labute approximate surface area is 75.8 Å². The standard InChI is InChI=1S/C9H14O.C2H6/c1-3-4-5-9-6-8(2)10-7-9;1-2/h6-7H,3-5H2,1-2H3;1-2H3. The van der Waals surface area contributed by atoms with Crippen LogP contribution in [-0.2, 0) is 6.42 Å². The molecule has 0 amide bonds. The molecule has 0 saturated heterocycles. The van der Waals surface area contributed by atoms with Crippen molar-refractivity contribution in [1.29, 1.82) is 0 Å². The maximum absolute atomic E-state index is 5.16. The van der Waals surface area contributed by atoms with Gasteiger partial charge >= 0.3 is 0 Å². The first kappa shape index (κ1) is 11.3. The number of rotatable bonds is 3. The van der Waals surface area contributed by atoms with Gasteiger partial charge in [-0.3, -0.25) is 0 Å². The number of unbranched alkanes of at least 4 members (excludes halogenated alkanes) is 1. The molecule has 70 valence electrons. The number of aryl methyl sites for hydroxylation is 2. The normalized spacial score (nSPS) is 9.00. The van der Waals surface area contributed by atoms with Gasteiger partial charge in [-0.1, -0.05) is 27.2 Å². The fourth-order valence-electron chi connectivity index (χ4n) is 1.01. The minimum Gasteiger partial charge on any atom is -0.469 e. The van der Waals surface area contributed by atoms with E-state index in [4.69, 9.17) is 4.42 Å². The van der Waals surface area contributed by atoms with E-state index in [2.05, 4.69) is 13.0 Å². The third-order valence-electron chi connectivity index (χ3n) is 1.60. The van der Waals surface area contributed by atoms with Crippen LogP contribution < -0.4 is 0 Å². The van der Waals surface area contributed by atoms with Crippen LogP contribution in [0, 0.1) is 6.92 Å². The first-order valence-electron chi connectivity index (χ1n) is 4.87. The van der Waals surface area contributed by atoms with Crippen LogP contribution in [0.2, 0.25) is 0 Å². The van der Waals surface area contributed by atoms with E-state index < -0.39 is 0 Å². The first-order chi connectivity index (χ1) is 5.83. The van der Waals surface area contributed by atoms with E-state index in [0.29, 0.717) is 0 Å². The number of hydrogen-bond acceptors (Lipinski definition) is 1. The highest BCUT2D eigenvalue weighted by Gasteiger charge is 1.95. The van der Waals surface area contributed by atoms with Gasteiger partial charge in [0.15, 0.2) is 0 Å². The van der Waals surface area contributed by atoms with E-state index in [1.54, 1.807) is 0 Å². The quantitative estimate of drug-likeness (QED) is 0.666. The molecule has 0 aliphatic rings. The Balaban J connectivity index is 0.000000561. The molecule has 0 fully saturated rings. The molecule has 1 heterocycles. The molecular weight excluding hydrogens is 148 g/mol. The van der Waals surface area contributed by atoms with Crippen LogP contribution in [0.15, 0.2) is 16.7 Å². The van der Waals surface area contributed by atoms with Crippen LogP contribution >= 0.6 is 0 Å². The third kappa shape index (κ3) is 4.22. The predicted molar refractivity (Wildman–Crippen MR) is 53.4 cm³/mol. The van der Waals surface area contributed by atoms with Crippen LogP contribution in [0.25, 0.3) is 0 Å². The average Bonchev–Trinajstić information content (AvgIpc) is 2.51. The molecular formula is C11H20O. The molecule has 0 aliphatic heterocycles. The highest BCUT2D eigenvalue weighted by Crippen LogP contribution is 2.08. The molecule has 0 aromatic carbocycles. The fourth-order valence-corrected chi connectivity index (χ4v) is 1.01. The van der Waals surface area contributed by atoms with Gasteiger partial charge in [0, 0.05) is 0 Å². The lowest BCUT2D eigenvalue weighted by molar-refractivity contribution is 0.531. The number of hydrogen-bond donors (Lipinski definition) is 0. The molecule has 12 heavy (non-hydrogen) atoms. The van der Waals surface area contributed by atoms with Crippen molar-refractivity contribution in [2.24, 2.45) is 0 Å². The molecule has 0 aliphatic carbocycles. The first-order valence-corrected chi connectivity index (χ1v) is 4.87. The van der Waals surface area contributed by atoms with E-state index >= 15 is 0 Å². The Morgan fingerprint density at radius 2 is 2.00 bits per heavy atom. The summed E-state index contributed by atoms with van der Waals surface area (Å²) >= 11 is 0. The van der Waals surface area contributed by atoms with E-state index in [9.17, 15) is 0 Å². The van der Waals surface area contributed by atoms with Crippen molar-refractivity contribution in [1.82, 2.24) is 0 Å². The zero-order chi connectivity index (χ0) is 9.40. The zero-order valence-electron chi connectivity index (χ0n) is 8.68. The Morgan fingerprint density at radius 1 is 1.33 bits per heavy atom. The Bertz CT molecular complexity index is 189. The zero-order valence-corrected chi connectivity index (χ0v) is 8.68. The summed E-state index contributed by atoms with van der Waals surface area (Å²) in [4.78, 5) is 0. The maximum atomic E-state index is 5.16. The summed E-state index contributed by atoms with van der Waals surface area (Å²) in [6, 6.07) is 2.11. The largest absolute Gasteiger partial charge is 0.469 e. The van der Waals surface area contributed by atoms with Crippen molar-refractivity contribution >= 4 is 0 Å². The van der Waals surface area contributed by atoms with Gasteiger partial charge in [0.2, 0.25) is 0 Å². The maximum Gasteiger partial charge on any atom is 0.100 e. The monoisotopic (exact) mass is 168 g/mol. The van der Waals surface area contributed by atoms with Crippen molar-refractivity contribution in [3.8, 4) is 0 Å². The molecule has 0 unspecified atom stereocenters. The topological polar surface area (TPSA) is 13.1 Å². The second-order valence-electron chi connectivity index (χ2n) is 2.67. The fraction of sp³-hybridized carbons (Fsp3) is 0.636. The Morgan fingerprint density at radius 3 is 2.42 bits per heavy atom. The molecule has 0 N–H and O–H groups in total. The second-order valence-corrected chi connectivity index (χ2v) is 2.67. The molecule has 1 aromatic heterocycles. The minimum atomic E-state index is 1.02. The molecule has 0 radical (unpaired) electrons. The molecule has 0 spiro atoms. The lowest BCUT2D eigenvalue weighted by Gasteiger charge is -1.89. The third-order valence-corrected chi connectivity index (χ3v) is 1.60. The van der Waals surface area contributed by atoms with Gasteiger partial charge in [-0.15, -0.1) is 0 Å². The Hall–Kier alpha value is -0.720. The summed E-state index contributed by atoms with van der Waals surface area (Å²) in [5.41, 5.74) is 1.33. The molecule has 1 rings (SSSR count). The van der Waals surface area contributed by atoms with Crippen molar-refractivity contribution in [3.05, 3.63) is 23.7 Å². The van der Waals surface area contributed by atoms with E-state index in [1.807, 2.05) is 27.0 Å². The van der Waals surface area contributed by atoms with E-state index in [0.717, 1.165) is 12.2 Å². The van der Waals surface area contributed by atoms with Gasteiger partial charge < -0.3 is 4.42 Å². The van der Waals surface area contributed by atoms with Gasteiger partial charge in [0.25, 0.3) is 0 Å². The lowest BCUT2D eigenvalue weighted by atomic mass is 10.1. The van der Waals surface area contributed by atoms with Crippen LogP contribution in [0.3, 0.4) is 0 Å². The van der Waals surface area contributed by atoms with Gasteiger partial charge in [0.1, 0.15) is 5.76 Å². The average molecular weight is 168 g/mol. The van der Waals surface area contributed by atoms with Crippen molar-refractivity contribution in [2.75, 3.05) is 0 Å². The van der Waals surface area contributed by atoms with Crippen LogP contribution in [0.4, 0.5) is 0 Å². The van der Waals surface area contributed by atoms with E-state index in [1.165, 1.54) is 18.4 Å². The molecule has 0 atom stereocenters. The van der Waals surface area contributed by atoms with Crippen molar-refractivity contribution < 1.29 is 4.42 Å². The van der Waals surface area contributed by atoms with Crippen LogP contribution in [0.1, 0.15) is 44.9 Å². The van der Waals surface area contributed by atoms with Gasteiger partial charge in [-0.05, 0) is 31.4 Å². The summed E-state index contributed by atoms with van der Waals surface area (Å²) in [5.74, 6) is 1.02. The summed E-state index contributed by atoms with van der Waals surface area (Å²) in [6.45, 7) is 8.18. The lowest BCUT2D eigenvalue weighted by Crippen LogP contribution is -1.78.